The molecule has 2 aromatic rings. The smallest absolute Gasteiger partial charge is 0.165 e. The van der Waals surface area contributed by atoms with Gasteiger partial charge in [-0.2, -0.15) is 0 Å². The summed E-state index contributed by atoms with van der Waals surface area (Å²) < 4.78 is 18.4. The number of rotatable bonds is 5. The van der Waals surface area contributed by atoms with Crippen molar-refractivity contribution in [3.05, 3.63) is 65.0 Å². The maximum Gasteiger partial charge on any atom is 0.165 e. The lowest BCUT2D eigenvalue weighted by Gasteiger charge is -2.09. The average Bonchev–Trinajstić information content (AvgIpc) is 2.41. The molecule has 19 heavy (non-hydrogen) atoms. The van der Waals surface area contributed by atoms with Crippen LogP contribution in [0.15, 0.2) is 42.5 Å². The van der Waals surface area contributed by atoms with Crippen molar-refractivity contribution in [1.82, 2.24) is 5.32 Å². The molecular formula is C16H18FNO. The van der Waals surface area contributed by atoms with Crippen LogP contribution in [0.5, 0.6) is 5.75 Å². The molecule has 0 aliphatic carbocycles. The van der Waals surface area contributed by atoms with Gasteiger partial charge in [-0.3, -0.25) is 0 Å². The van der Waals surface area contributed by atoms with Gasteiger partial charge >= 0.3 is 0 Å². The predicted molar refractivity (Wildman–Crippen MR) is 74.7 cm³/mol. The maximum absolute atomic E-state index is 13.5. The third-order valence-corrected chi connectivity index (χ3v) is 3.12. The van der Waals surface area contributed by atoms with Crippen LogP contribution in [0.1, 0.15) is 16.7 Å². The third-order valence-electron chi connectivity index (χ3n) is 3.12. The van der Waals surface area contributed by atoms with Gasteiger partial charge in [0.15, 0.2) is 11.6 Å². The number of halogens is 1. The van der Waals surface area contributed by atoms with Crippen molar-refractivity contribution in [3.8, 4) is 5.75 Å². The molecule has 0 aliphatic heterocycles. The largest absolute Gasteiger partial charge is 0.494 e. The highest BCUT2D eigenvalue weighted by Gasteiger charge is 2.03. The van der Waals surface area contributed by atoms with E-state index in [9.17, 15) is 4.39 Å². The van der Waals surface area contributed by atoms with Crippen LogP contribution in [0.25, 0.3) is 0 Å². The first-order valence-corrected chi connectivity index (χ1v) is 6.28. The monoisotopic (exact) mass is 259 g/mol. The van der Waals surface area contributed by atoms with E-state index in [4.69, 9.17) is 4.74 Å². The highest BCUT2D eigenvalue weighted by atomic mass is 19.1. The fraction of sp³-hybridized carbons (Fsp3) is 0.250. The summed E-state index contributed by atoms with van der Waals surface area (Å²) in [4.78, 5) is 0. The molecule has 2 rings (SSSR count). The maximum atomic E-state index is 13.5. The Hall–Kier alpha value is -1.87. The van der Waals surface area contributed by atoms with Gasteiger partial charge in [0, 0.05) is 13.1 Å². The lowest BCUT2D eigenvalue weighted by molar-refractivity contribution is 0.386. The van der Waals surface area contributed by atoms with Crippen LogP contribution in [0.4, 0.5) is 4.39 Å². The molecule has 0 bridgehead atoms. The molecule has 0 spiro atoms. The summed E-state index contributed by atoms with van der Waals surface area (Å²) in [5, 5.41) is 3.32. The van der Waals surface area contributed by atoms with E-state index in [1.165, 1.54) is 24.3 Å². The summed E-state index contributed by atoms with van der Waals surface area (Å²) >= 11 is 0. The summed E-state index contributed by atoms with van der Waals surface area (Å²) in [6, 6.07) is 13.3. The van der Waals surface area contributed by atoms with E-state index >= 15 is 0 Å². The summed E-state index contributed by atoms with van der Waals surface area (Å²) in [7, 11) is 1.47. The van der Waals surface area contributed by atoms with E-state index in [0.29, 0.717) is 6.54 Å². The Morgan fingerprint density at radius 3 is 2.58 bits per heavy atom. The van der Waals surface area contributed by atoms with Gasteiger partial charge < -0.3 is 10.1 Å². The Kier molecular flexibility index (Phi) is 4.53. The molecule has 3 heteroatoms. The van der Waals surface area contributed by atoms with E-state index in [2.05, 4.69) is 24.4 Å². The van der Waals surface area contributed by atoms with Crippen molar-refractivity contribution >= 4 is 0 Å². The first-order valence-electron chi connectivity index (χ1n) is 6.28. The molecule has 0 fully saturated rings. The number of hydrogen-bond donors (Lipinski definition) is 1. The van der Waals surface area contributed by atoms with Gasteiger partial charge in [-0.1, -0.05) is 30.3 Å². The zero-order valence-corrected chi connectivity index (χ0v) is 11.2. The Bertz CT molecular complexity index is 554. The number of benzene rings is 2. The topological polar surface area (TPSA) is 21.3 Å². The fourth-order valence-electron chi connectivity index (χ4n) is 1.97. The second-order valence-electron chi connectivity index (χ2n) is 4.50. The van der Waals surface area contributed by atoms with Gasteiger partial charge in [0.2, 0.25) is 0 Å². The molecule has 100 valence electrons. The Morgan fingerprint density at radius 2 is 1.89 bits per heavy atom. The molecule has 0 aromatic heterocycles. The fourth-order valence-corrected chi connectivity index (χ4v) is 1.97. The van der Waals surface area contributed by atoms with Crippen molar-refractivity contribution in [3.63, 3.8) is 0 Å². The Balaban J connectivity index is 1.93. The van der Waals surface area contributed by atoms with Gasteiger partial charge in [-0.25, -0.2) is 4.39 Å². The molecule has 0 saturated heterocycles. The number of nitrogens with one attached hydrogen (secondary N) is 1. The van der Waals surface area contributed by atoms with Crippen LogP contribution in [-0.4, -0.2) is 7.11 Å². The van der Waals surface area contributed by atoms with Crippen molar-refractivity contribution < 1.29 is 9.13 Å². The molecule has 0 unspecified atom stereocenters. The first kappa shape index (κ1) is 13.6. The molecule has 0 amide bonds. The number of methoxy groups -OCH3 is 1. The van der Waals surface area contributed by atoms with Crippen LogP contribution in [0.3, 0.4) is 0 Å². The highest BCUT2D eigenvalue weighted by Crippen LogP contribution is 2.17. The molecule has 0 aliphatic rings. The van der Waals surface area contributed by atoms with E-state index in [1.807, 2.05) is 18.2 Å². The molecule has 0 atom stereocenters. The van der Waals surface area contributed by atoms with Gasteiger partial charge in [0.25, 0.3) is 0 Å². The summed E-state index contributed by atoms with van der Waals surface area (Å²) in [6.45, 7) is 3.50. The SMILES string of the molecule is COc1ccc(CNCc2ccccc2C)cc1F. The number of aryl methyl sites for hydroxylation is 1. The van der Waals surface area contributed by atoms with Gasteiger partial charge in [-0.05, 0) is 35.7 Å². The minimum atomic E-state index is -0.322. The van der Waals surface area contributed by atoms with Crippen LogP contribution in [0.2, 0.25) is 0 Å². The highest BCUT2D eigenvalue weighted by molar-refractivity contribution is 5.29. The number of hydrogen-bond acceptors (Lipinski definition) is 2. The zero-order valence-electron chi connectivity index (χ0n) is 11.2. The normalized spacial score (nSPS) is 10.5. The second kappa shape index (κ2) is 6.34. The lowest BCUT2D eigenvalue weighted by atomic mass is 10.1. The Labute approximate surface area is 113 Å². The van der Waals surface area contributed by atoms with E-state index in [1.54, 1.807) is 6.07 Å². The van der Waals surface area contributed by atoms with Gasteiger partial charge in [0.05, 0.1) is 7.11 Å². The number of ether oxygens (including phenoxy) is 1. The van der Waals surface area contributed by atoms with Crippen molar-refractivity contribution in [2.75, 3.05) is 7.11 Å². The minimum absolute atomic E-state index is 0.280. The Morgan fingerprint density at radius 1 is 1.11 bits per heavy atom. The second-order valence-corrected chi connectivity index (χ2v) is 4.50. The van der Waals surface area contributed by atoms with E-state index in [0.717, 1.165) is 12.1 Å². The van der Waals surface area contributed by atoms with Crippen molar-refractivity contribution in [2.24, 2.45) is 0 Å². The standard InChI is InChI=1S/C16H18FNO/c1-12-5-3-4-6-14(12)11-18-10-13-7-8-16(19-2)15(17)9-13/h3-9,18H,10-11H2,1-2H3. The molecule has 0 heterocycles. The summed E-state index contributed by atoms with van der Waals surface area (Å²) in [6.07, 6.45) is 0. The summed E-state index contributed by atoms with van der Waals surface area (Å²) in [5.74, 6) is -0.0413. The van der Waals surface area contributed by atoms with Crippen molar-refractivity contribution in [2.45, 2.75) is 20.0 Å². The predicted octanol–water partition coefficient (Wildman–Crippen LogP) is 3.43. The van der Waals surface area contributed by atoms with Crippen LogP contribution < -0.4 is 10.1 Å². The third kappa shape index (κ3) is 3.55. The minimum Gasteiger partial charge on any atom is -0.494 e. The van der Waals surface area contributed by atoms with Gasteiger partial charge in [0.1, 0.15) is 0 Å². The molecule has 1 N–H and O–H groups in total. The molecule has 2 nitrogen and oxygen atoms in total. The lowest BCUT2D eigenvalue weighted by Crippen LogP contribution is -2.13. The molecular weight excluding hydrogens is 241 g/mol. The summed E-state index contributed by atoms with van der Waals surface area (Å²) in [5.41, 5.74) is 3.43. The molecule has 2 aromatic carbocycles. The average molecular weight is 259 g/mol. The quantitative estimate of drug-likeness (QED) is 0.888. The first-order chi connectivity index (χ1) is 9.20. The zero-order chi connectivity index (χ0) is 13.7. The van der Waals surface area contributed by atoms with E-state index in [-0.39, 0.29) is 11.6 Å². The van der Waals surface area contributed by atoms with Crippen molar-refractivity contribution in [1.29, 1.82) is 0 Å². The van der Waals surface area contributed by atoms with Crippen LogP contribution in [0, 0.1) is 12.7 Å². The van der Waals surface area contributed by atoms with Gasteiger partial charge in [-0.15, -0.1) is 0 Å². The van der Waals surface area contributed by atoms with E-state index < -0.39 is 0 Å². The van der Waals surface area contributed by atoms with Crippen LogP contribution in [-0.2, 0) is 13.1 Å². The molecule has 0 saturated carbocycles. The molecule has 0 radical (unpaired) electrons. The van der Waals surface area contributed by atoms with Crippen LogP contribution >= 0.6 is 0 Å².